The first-order valence-electron chi connectivity index (χ1n) is 6.83. The highest BCUT2D eigenvalue weighted by atomic mass is 79.9. The molecule has 2 rings (SSSR count). The Balaban J connectivity index is 2.50. The topological polar surface area (TPSA) is 21.3 Å². The highest BCUT2D eigenvalue weighted by Gasteiger charge is 2.19. The molecule has 0 amide bonds. The van der Waals surface area contributed by atoms with Crippen LogP contribution in [0.2, 0.25) is 0 Å². The smallest absolute Gasteiger partial charge is 0.124 e. The molecule has 0 heterocycles. The number of nitrogens with one attached hydrogen (secondary N) is 1. The van der Waals surface area contributed by atoms with Gasteiger partial charge in [-0.05, 0) is 38.1 Å². The molecule has 0 bridgehead atoms. The van der Waals surface area contributed by atoms with Crippen molar-refractivity contribution in [3.8, 4) is 5.75 Å². The number of hydrogen-bond acceptors (Lipinski definition) is 2. The van der Waals surface area contributed by atoms with Crippen molar-refractivity contribution < 1.29 is 4.74 Å². The number of rotatable bonds is 5. The number of benzene rings is 2. The van der Waals surface area contributed by atoms with Crippen molar-refractivity contribution in [2.75, 3.05) is 13.7 Å². The monoisotopic (exact) mass is 333 g/mol. The Morgan fingerprint density at radius 1 is 1.10 bits per heavy atom. The maximum atomic E-state index is 5.76. The van der Waals surface area contributed by atoms with Crippen molar-refractivity contribution in [1.29, 1.82) is 0 Å². The zero-order valence-electron chi connectivity index (χ0n) is 12.1. The van der Waals surface area contributed by atoms with E-state index < -0.39 is 0 Å². The highest BCUT2D eigenvalue weighted by Crippen LogP contribution is 2.34. The number of ether oxygens (including phenoxy) is 1. The first-order chi connectivity index (χ1) is 9.69. The van der Waals surface area contributed by atoms with E-state index in [0.717, 1.165) is 15.8 Å². The van der Waals surface area contributed by atoms with Crippen molar-refractivity contribution in [2.24, 2.45) is 0 Å². The molecule has 2 nitrogen and oxygen atoms in total. The van der Waals surface area contributed by atoms with Crippen LogP contribution in [0.5, 0.6) is 5.75 Å². The highest BCUT2D eigenvalue weighted by molar-refractivity contribution is 9.10. The van der Waals surface area contributed by atoms with Crippen LogP contribution in [0.25, 0.3) is 0 Å². The molecule has 0 aliphatic heterocycles. The lowest BCUT2D eigenvalue weighted by Crippen LogP contribution is -2.19. The lowest BCUT2D eigenvalue weighted by atomic mass is 9.96. The van der Waals surface area contributed by atoms with Crippen LogP contribution in [0.1, 0.15) is 29.7 Å². The van der Waals surface area contributed by atoms with Crippen molar-refractivity contribution in [3.63, 3.8) is 0 Å². The van der Waals surface area contributed by atoms with Crippen molar-refractivity contribution >= 4 is 15.9 Å². The lowest BCUT2D eigenvalue weighted by Gasteiger charge is -2.22. The van der Waals surface area contributed by atoms with Gasteiger partial charge in [0.2, 0.25) is 0 Å². The van der Waals surface area contributed by atoms with Gasteiger partial charge in [-0.25, -0.2) is 0 Å². The average Bonchev–Trinajstić information content (AvgIpc) is 2.46. The fourth-order valence-electron chi connectivity index (χ4n) is 2.38. The second-order valence-corrected chi connectivity index (χ2v) is 5.46. The minimum atomic E-state index is 0.104. The molecular weight excluding hydrogens is 314 g/mol. The molecule has 0 spiro atoms. The normalized spacial score (nSPS) is 12.2. The fraction of sp³-hybridized carbons (Fsp3) is 0.294. The van der Waals surface area contributed by atoms with E-state index in [1.807, 2.05) is 32.2 Å². The molecule has 0 aliphatic carbocycles. The summed E-state index contributed by atoms with van der Waals surface area (Å²) in [6.45, 7) is 4.78. The summed E-state index contributed by atoms with van der Waals surface area (Å²) in [4.78, 5) is 0. The summed E-state index contributed by atoms with van der Waals surface area (Å²) in [5.41, 5.74) is 3.61. The summed E-state index contributed by atoms with van der Waals surface area (Å²) >= 11 is 3.70. The van der Waals surface area contributed by atoms with Crippen LogP contribution in [0.3, 0.4) is 0 Å². The van der Waals surface area contributed by atoms with Gasteiger partial charge in [-0.2, -0.15) is 0 Å². The third kappa shape index (κ3) is 3.05. The fourth-order valence-corrected chi connectivity index (χ4v) is 2.87. The quantitative estimate of drug-likeness (QED) is 0.871. The number of halogens is 1. The third-order valence-electron chi connectivity index (χ3n) is 3.35. The van der Waals surface area contributed by atoms with Gasteiger partial charge in [-0.3, -0.25) is 0 Å². The maximum absolute atomic E-state index is 5.76. The van der Waals surface area contributed by atoms with Crippen molar-refractivity contribution in [3.05, 3.63) is 63.6 Å². The van der Waals surface area contributed by atoms with Crippen molar-refractivity contribution in [1.82, 2.24) is 5.32 Å². The first kappa shape index (κ1) is 15.1. The zero-order chi connectivity index (χ0) is 14.5. The zero-order valence-corrected chi connectivity index (χ0v) is 13.7. The Hall–Kier alpha value is -1.32. The van der Waals surface area contributed by atoms with E-state index in [-0.39, 0.29) is 6.04 Å². The predicted molar refractivity (Wildman–Crippen MR) is 87.4 cm³/mol. The number of para-hydroxylation sites is 1. The second kappa shape index (κ2) is 6.91. The van der Waals surface area contributed by atoms with E-state index in [2.05, 4.69) is 52.4 Å². The van der Waals surface area contributed by atoms with Crippen LogP contribution in [0.4, 0.5) is 0 Å². The molecule has 2 aromatic carbocycles. The second-order valence-electron chi connectivity index (χ2n) is 4.67. The maximum Gasteiger partial charge on any atom is 0.124 e. The molecule has 1 atom stereocenters. The van der Waals surface area contributed by atoms with Crippen LogP contribution >= 0.6 is 15.9 Å². The molecule has 0 aromatic heterocycles. The summed E-state index contributed by atoms with van der Waals surface area (Å²) in [7, 11) is 1.97. The van der Waals surface area contributed by atoms with Crippen molar-refractivity contribution in [2.45, 2.75) is 19.9 Å². The summed E-state index contributed by atoms with van der Waals surface area (Å²) in [6.07, 6.45) is 0. The largest absolute Gasteiger partial charge is 0.494 e. The standard InChI is InChI=1S/C17H20BrNO/c1-4-20-15-11-6-5-9-13(15)17(19-3)14-10-7-8-12(2)16(14)18/h5-11,17,19H,4H2,1-3H3. The average molecular weight is 334 g/mol. The summed E-state index contributed by atoms with van der Waals surface area (Å²) in [5, 5.41) is 3.39. The molecule has 1 unspecified atom stereocenters. The first-order valence-corrected chi connectivity index (χ1v) is 7.62. The molecule has 3 heteroatoms. The van der Waals surface area contributed by atoms with Crippen LogP contribution in [0, 0.1) is 6.92 Å². The Morgan fingerprint density at radius 2 is 1.80 bits per heavy atom. The van der Waals surface area contributed by atoms with Gasteiger partial charge in [0.25, 0.3) is 0 Å². The van der Waals surface area contributed by atoms with Gasteiger partial charge in [0.1, 0.15) is 5.75 Å². The Bertz CT molecular complexity index is 583. The molecule has 20 heavy (non-hydrogen) atoms. The third-order valence-corrected chi connectivity index (χ3v) is 4.43. The molecule has 0 saturated heterocycles. The molecule has 1 N–H and O–H groups in total. The van der Waals surface area contributed by atoms with Gasteiger partial charge in [0.15, 0.2) is 0 Å². The predicted octanol–water partition coefficient (Wildman–Crippen LogP) is 4.47. The van der Waals surface area contributed by atoms with Gasteiger partial charge >= 0.3 is 0 Å². The van der Waals surface area contributed by atoms with E-state index in [1.165, 1.54) is 11.1 Å². The SMILES string of the molecule is CCOc1ccccc1C(NC)c1cccc(C)c1Br. The molecule has 0 aliphatic rings. The van der Waals surface area contributed by atoms with Crippen LogP contribution in [-0.4, -0.2) is 13.7 Å². The molecule has 2 aromatic rings. The molecule has 0 fully saturated rings. The van der Waals surface area contributed by atoms with Gasteiger partial charge < -0.3 is 10.1 Å². The van der Waals surface area contributed by atoms with Crippen LogP contribution < -0.4 is 10.1 Å². The van der Waals surface area contributed by atoms with E-state index >= 15 is 0 Å². The molecule has 0 saturated carbocycles. The lowest BCUT2D eigenvalue weighted by molar-refractivity contribution is 0.334. The Labute approximate surface area is 129 Å². The van der Waals surface area contributed by atoms with E-state index in [9.17, 15) is 0 Å². The number of hydrogen-bond donors (Lipinski definition) is 1. The van der Waals surface area contributed by atoms with Crippen LogP contribution in [0.15, 0.2) is 46.9 Å². The van der Waals surface area contributed by atoms with E-state index in [1.54, 1.807) is 0 Å². The van der Waals surface area contributed by atoms with E-state index in [4.69, 9.17) is 4.74 Å². The van der Waals surface area contributed by atoms with Gasteiger partial charge in [-0.1, -0.05) is 52.3 Å². The summed E-state index contributed by atoms with van der Waals surface area (Å²) in [5.74, 6) is 0.933. The number of aryl methyl sites for hydroxylation is 1. The summed E-state index contributed by atoms with van der Waals surface area (Å²) < 4.78 is 6.90. The Kier molecular flexibility index (Phi) is 5.21. The van der Waals surface area contributed by atoms with E-state index in [0.29, 0.717) is 6.61 Å². The van der Waals surface area contributed by atoms with Crippen LogP contribution in [-0.2, 0) is 0 Å². The molecular formula is C17H20BrNO. The van der Waals surface area contributed by atoms with Gasteiger partial charge in [0.05, 0.1) is 12.6 Å². The molecule has 106 valence electrons. The van der Waals surface area contributed by atoms with Gasteiger partial charge in [-0.15, -0.1) is 0 Å². The molecule has 0 radical (unpaired) electrons. The minimum absolute atomic E-state index is 0.104. The minimum Gasteiger partial charge on any atom is -0.494 e. The Morgan fingerprint density at radius 3 is 2.50 bits per heavy atom. The summed E-state index contributed by atoms with van der Waals surface area (Å²) in [6, 6.07) is 14.6. The van der Waals surface area contributed by atoms with Gasteiger partial charge in [0, 0.05) is 10.0 Å².